The van der Waals surface area contributed by atoms with Gasteiger partial charge < -0.3 is 24.2 Å². The lowest BCUT2D eigenvalue weighted by Gasteiger charge is -2.29. The molecule has 7 nitrogen and oxygen atoms in total. The number of halogens is 2. The summed E-state index contributed by atoms with van der Waals surface area (Å²) in [5.74, 6) is -0.00255. The fourth-order valence-corrected chi connectivity index (χ4v) is 5.43. The highest BCUT2D eigenvalue weighted by Crippen LogP contribution is 2.29. The summed E-state index contributed by atoms with van der Waals surface area (Å²) in [7, 11) is 0. The van der Waals surface area contributed by atoms with Crippen LogP contribution in [-0.2, 0) is 20.7 Å². The average Bonchev–Trinajstić information content (AvgIpc) is 3.46. The minimum atomic E-state index is -1.05. The Morgan fingerprint density at radius 3 is 2.81 bits per heavy atom. The molecule has 5 rings (SSSR count). The van der Waals surface area contributed by atoms with Crippen LogP contribution in [0.15, 0.2) is 51.4 Å². The molecule has 190 valence electrons. The van der Waals surface area contributed by atoms with Gasteiger partial charge in [-0.2, -0.15) is 4.98 Å². The maximum atomic E-state index is 14.3. The van der Waals surface area contributed by atoms with Crippen LogP contribution in [0.3, 0.4) is 0 Å². The second kappa shape index (κ2) is 11.1. The third-order valence-corrected chi connectivity index (χ3v) is 7.73. The lowest BCUT2D eigenvalue weighted by molar-refractivity contribution is -0.133. The molecule has 1 saturated carbocycles. The minimum absolute atomic E-state index is 0.0741. The molecular formula is C27H29BrFN3O4. The summed E-state index contributed by atoms with van der Waals surface area (Å²) in [5, 5.41) is 3.15. The number of likely N-dealkylation sites (tertiary alicyclic amines) is 1. The largest absolute Gasteiger partial charge is 0.423 e. The zero-order chi connectivity index (χ0) is 25.1. The fraction of sp³-hybridized carbons (Fsp3) is 0.444. The van der Waals surface area contributed by atoms with Crippen molar-refractivity contribution >= 4 is 50.9 Å². The molecule has 2 atom stereocenters. The number of nitrogens with one attached hydrogen (secondary N) is 1. The van der Waals surface area contributed by atoms with Gasteiger partial charge in [0.1, 0.15) is 18.0 Å². The first-order valence-electron chi connectivity index (χ1n) is 12.4. The molecule has 0 bridgehead atoms. The number of hydrogen-bond donors (Lipinski definition) is 1. The van der Waals surface area contributed by atoms with Gasteiger partial charge in [-0.05, 0) is 71.4 Å². The predicted molar refractivity (Wildman–Crippen MR) is 138 cm³/mol. The van der Waals surface area contributed by atoms with Gasteiger partial charge in [-0.3, -0.25) is 4.79 Å². The monoisotopic (exact) mass is 557 g/mol. The summed E-state index contributed by atoms with van der Waals surface area (Å²) in [5.41, 5.74) is 2.87. The van der Waals surface area contributed by atoms with Gasteiger partial charge in [0.05, 0.1) is 37.4 Å². The van der Waals surface area contributed by atoms with Crippen LogP contribution in [0.25, 0.3) is 11.1 Å². The quantitative estimate of drug-likeness (QED) is 0.363. The zero-order valence-corrected chi connectivity index (χ0v) is 21.5. The number of para-hydroxylation sites is 1. The summed E-state index contributed by atoms with van der Waals surface area (Å²) in [6.45, 7) is 0.420. The van der Waals surface area contributed by atoms with Crippen LogP contribution in [0.1, 0.15) is 37.7 Å². The summed E-state index contributed by atoms with van der Waals surface area (Å²) >= 11 is 3.49. The Morgan fingerprint density at radius 2 is 2.03 bits per heavy atom. The molecule has 0 radical (unpaired) electrons. The molecule has 1 aromatic heterocycles. The van der Waals surface area contributed by atoms with E-state index in [0.29, 0.717) is 30.1 Å². The third kappa shape index (κ3) is 5.78. The maximum Gasteiger partial charge on any atom is 0.300 e. The molecule has 9 heteroatoms. The van der Waals surface area contributed by atoms with Gasteiger partial charge in [0.25, 0.3) is 6.01 Å². The molecule has 0 spiro atoms. The molecule has 2 heterocycles. The Labute approximate surface area is 217 Å². The lowest BCUT2D eigenvalue weighted by Crippen LogP contribution is -2.40. The Morgan fingerprint density at radius 1 is 1.22 bits per heavy atom. The molecule has 2 aliphatic rings. The normalized spacial score (nSPS) is 24.2. The molecule has 3 aromatic rings. The molecule has 2 aromatic carbocycles. The first-order chi connectivity index (χ1) is 17.5. The van der Waals surface area contributed by atoms with Crippen molar-refractivity contribution in [1.82, 2.24) is 9.88 Å². The SMILES string of the molecule is O=CC1CCC(OC[C@@H]2C[C@H](F)CN2C(=O)Cc2ccc3nc(Nc4ccccc4Br)oc3c2)CC1. The Kier molecular flexibility index (Phi) is 7.67. The molecule has 1 N–H and O–H groups in total. The molecule has 2 fully saturated rings. The summed E-state index contributed by atoms with van der Waals surface area (Å²) < 4.78 is 27.1. The standard InChI is InChI=1S/C27H29BrFN3O4/c28-22-3-1-2-4-23(22)30-27-31-24-10-7-18(11-25(24)36-27)12-26(34)32-14-19(29)13-20(32)16-35-21-8-5-17(15-33)6-9-21/h1-4,7,10-11,15,17,19-21H,5-6,8-9,12-14,16H2,(H,30,31)/t17?,19-,20-,21?/m0/s1. The highest BCUT2D eigenvalue weighted by molar-refractivity contribution is 9.10. The molecule has 36 heavy (non-hydrogen) atoms. The van der Waals surface area contributed by atoms with Crippen molar-refractivity contribution in [1.29, 1.82) is 0 Å². The van der Waals surface area contributed by atoms with Crippen molar-refractivity contribution < 1.29 is 23.1 Å². The summed E-state index contributed by atoms with van der Waals surface area (Å²) in [4.78, 5) is 30.2. The van der Waals surface area contributed by atoms with Crippen molar-refractivity contribution in [2.45, 2.75) is 56.8 Å². The van der Waals surface area contributed by atoms with E-state index in [-0.39, 0.29) is 36.9 Å². The lowest BCUT2D eigenvalue weighted by atomic mass is 9.88. The van der Waals surface area contributed by atoms with Gasteiger partial charge in [-0.1, -0.05) is 18.2 Å². The number of nitrogens with zero attached hydrogens (tertiary/aromatic N) is 2. The fourth-order valence-electron chi connectivity index (χ4n) is 5.05. The van der Waals surface area contributed by atoms with Gasteiger partial charge in [-0.15, -0.1) is 0 Å². The number of alkyl halides is 1. The summed E-state index contributed by atoms with van der Waals surface area (Å²) in [6, 6.07) is 13.2. The zero-order valence-electron chi connectivity index (χ0n) is 19.9. The van der Waals surface area contributed by atoms with E-state index in [9.17, 15) is 14.0 Å². The van der Waals surface area contributed by atoms with E-state index in [1.54, 1.807) is 4.90 Å². The van der Waals surface area contributed by atoms with E-state index in [1.807, 2.05) is 42.5 Å². The molecule has 1 aliphatic heterocycles. The van der Waals surface area contributed by atoms with Crippen LogP contribution in [0.5, 0.6) is 0 Å². The van der Waals surface area contributed by atoms with Crippen LogP contribution >= 0.6 is 15.9 Å². The number of aromatic nitrogens is 1. The molecule has 1 amide bonds. The number of rotatable bonds is 8. The Balaban J connectivity index is 1.20. The van der Waals surface area contributed by atoms with Crippen LogP contribution < -0.4 is 5.32 Å². The van der Waals surface area contributed by atoms with E-state index in [0.717, 1.165) is 47.7 Å². The van der Waals surface area contributed by atoms with E-state index < -0.39 is 6.17 Å². The number of aldehydes is 1. The Hall–Kier alpha value is -2.78. The first kappa shape index (κ1) is 24.9. The molecule has 1 aliphatic carbocycles. The van der Waals surface area contributed by atoms with Crippen molar-refractivity contribution in [2.24, 2.45) is 5.92 Å². The molecular weight excluding hydrogens is 529 g/mol. The third-order valence-electron chi connectivity index (χ3n) is 7.04. The molecule has 0 unspecified atom stereocenters. The van der Waals surface area contributed by atoms with E-state index in [1.165, 1.54) is 0 Å². The van der Waals surface area contributed by atoms with Gasteiger partial charge in [0.2, 0.25) is 5.91 Å². The average molecular weight is 558 g/mol. The van der Waals surface area contributed by atoms with E-state index >= 15 is 0 Å². The smallest absolute Gasteiger partial charge is 0.300 e. The van der Waals surface area contributed by atoms with Crippen molar-refractivity contribution in [3.8, 4) is 0 Å². The first-order valence-corrected chi connectivity index (χ1v) is 13.2. The van der Waals surface area contributed by atoms with Crippen molar-refractivity contribution in [3.63, 3.8) is 0 Å². The number of anilines is 2. The predicted octanol–water partition coefficient (Wildman–Crippen LogP) is 5.59. The molecule has 1 saturated heterocycles. The maximum absolute atomic E-state index is 14.3. The second-order valence-electron chi connectivity index (χ2n) is 9.64. The van der Waals surface area contributed by atoms with Crippen molar-refractivity contribution in [3.05, 3.63) is 52.5 Å². The van der Waals surface area contributed by atoms with Crippen LogP contribution in [0, 0.1) is 5.92 Å². The number of oxazole rings is 1. The van der Waals surface area contributed by atoms with Crippen LogP contribution in [0.2, 0.25) is 0 Å². The van der Waals surface area contributed by atoms with Gasteiger partial charge in [-0.25, -0.2) is 4.39 Å². The second-order valence-corrected chi connectivity index (χ2v) is 10.5. The number of amides is 1. The topological polar surface area (TPSA) is 84.7 Å². The number of carbonyl (C=O) groups excluding carboxylic acids is 2. The van der Waals surface area contributed by atoms with Gasteiger partial charge >= 0.3 is 0 Å². The summed E-state index contributed by atoms with van der Waals surface area (Å²) in [6.07, 6.45) is 3.82. The highest BCUT2D eigenvalue weighted by atomic mass is 79.9. The Bertz CT molecular complexity index is 1230. The van der Waals surface area contributed by atoms with Crippen LogP contribution in [-0.4, -0.2) is 53.5 Å². The number of ether oxygens (including phenoxy) is 1. The number of fused-ring (bicyclic) bond motifs is 1. The number of benzene rings is 2. The highest BCUT2D eigenvalue weighted by Gasteiger charge is 2.36. The van der Waals surface area contributed by atoms with Crippen molar-refractivity contribution in [2.75, 3.05) is 18.5 Å². The van der Waals surface area contributed by atoms with Gasteiger partial charge in [0.15, 0.2) is 5.58 Å². The van der Waals surface area contributed by atoms with Crippen LogP contribution in [0.4, 0.5) is 16.1 Å². The van der Waals surface area contributed by atoms with E-state index in [4.69, 9.17) is 9.15 Å². The number of hydrogen-bond acceptors (Lipinski definition) is 6. The van der Waals surface area contributed by atoms with Gasteiger partial charge in [0, 0.05) is 16.8 Å². The van der Waals surface area contributed by atoms with E-state index in [2.05, 4.69) is 26.2 Å². The minimum Gasteiger partial charge on any atom is -0.423 e. The number of carbonyl (C=O) groups is 2.